The van der Waals surface area contributed by atoms with E-state index in [1.54, 1.807) is 24.3 Å². The Morgan fingerprint density at radius 2 is 1.79 bits per heavy atom. The molecule has 0 fully saturated rings. The maximum absolute atomic E-state index is 15.5. The number of rotatable bonds is 2. The molecule has 0 aromatic heterocycles. The van der Waals surface area contributed by atoms with E-state index in [1.807, 2.05) is 6.07 Å². The van der Waals surface area contributed by atoms with Crippen molar-refractivity contribution in [1.29, 1.82) is 5.26 Å². The smallest absolute Gasteiger partial charge is 0.304 e. The van der Waals surface area contributed by atoms with Crippen molar-refractivity contribution in [1.82, 2.24) is 0 Å². The van der Waals surface area contributed by atoms with E-state index in [2.05, 4.69) is 4.99 Å². The van der Waals surface area contributed by atoms with Gasteiger partial charge in [0, 0.05) is 5.56 Å². The number of hydrogen-bond donors (Lipinski definition) is 1. The zero-order valence-electron chi connectivity index (χ0n) is 15.8. The number of amidine groups is 1. The van der Waals surface area contributed by atoms with Crippen LogP contribution in [0.3, 0.4) is 0 Å². The highest BCUT2D eigenvalue weighted by molar-refractivity contribution is 5.82. The fourth-order valence-corrected chi connectivity index (χ4v) is 3.40. The highest BCUT2D eigenvalue weighted by Crippen LogP contribution is 2.51. The summed E-state index contributed by atoms with van der Waals surface area (Å²) in [7, 11) is 0. The SMILES string of the molecule is CC1(C)OCC(N)=N[C@](C)(c2cc(-c3cccc(C#N)c3)ccc2F)C1(F)F. The number of ether oxygens (including phenoxy) is 1. The molecule has 4 nitrogen and oxygen atoms in total. The first kappa shape index (κ1) is 19.9. The summed E-state index contributed by atoms with van der Waals surface area (Å²) in [5, 5.41) is 9.08. The second-order valence-electron chi connectivity index (χ2n) is 7.44. The van der Waals surface area contributed by atoms with Gasteiger partial charge in [0.25, 0.3) is 0 Å². The van der Waals surface area contributed by atoms with Gasteiger partial charge in [0.05, 0.1) is 11.6 Å². The van der Waals surface area contributed by atoms with E-state index >= 15 is 8.78 Å². The molecule has 2 aromatic rings. The van der Waals surface area contributed by atoms with Crippen LogP contribution in [0.1, 0.15) is 31.9 Å². The van der Waals surface area contributed by atoms with Gasteiger partial charge >= 0.3 is 5.92 Å². The molecule has 146 valence electrons. The number of alkyl halides is 2. The van der Waals surface area contributed by atoms with Gasteiger partial charge in [-0.15, -0.1) is 0 Å². The molecule has 2 N–H and O–H groups in total. The molecule has 0 unspecified atom stereocenters. The maximum Gasteiger partial charge on any atom is 0.304 e. The van der Waals surface area contributed by atoms with E-state index in [-0.39, 0.29) is 18.0 Å². The molecule has 0 saturated heterocycles. The molecule has 0 aliphatic carbocycles. The zero-order valence-corrected chi connectivity index (χ0v) is 15.8. The molecule has 0 radical (unpaired) electrons. The van der Waals surface area contributed by atoms with E-state index in [0.29, 0.717) is 16.7 Å². The summed E-state index contributed by atoms with van der Waals surface area (Å²) < 4.78 is 51.0. The topological polar surface area (TPSA) is 71.4 Å². The van der Waals surface area contributed by atoms with Gasteiger partial charge in [-0.1, -0.05) is 18.2 Å². The number of nitrogens with zero attached hydrogens (tertiary/aromatic N) is 2. The summed E-state index contributed by atoms with van der Waals surface area (Å²) in [6.45, 7) is 3.35. The first-order valence-corrected chi connectivity index (χ1v) is 8.68. The van der Waals surface area contributed by atoms with E-state index in [9.17, 15) is 4.39 Å². The average molecular weight is 387 g/mol. The van der Waals surface area contributed by atoms with E-state index in [0.717, 1.165) is 13.0 Å². The third-order valence-corrected chi connectivity index (χ3v) is 5.13. The summed E-state index contributed by atoms with van der Waals surface area (Å²) >= 11 is 0. The van der Waals surface area contributed by atoms with Crippen LogP contribution in [0, 0.1) is 17.1 Å². The second-order valence-corrected chi connectivity index (χ2v) is 7.44. The largest absolute Gasteiger partial charge is 0.385 e. The Balaban J connectivity index is 2.24. The zero-order chi connectivity index (χ0) is 20.7. The van der Waals surface area contributed by atoms with Gasteiger partial charge in [-0.05, 0) is 56.2 Å². The molecular formula is C21H20F3N3O. The number of aliphatic imine (C=N–C) groups is 1. The van der Waals surface area contributed by atoms with Gasteiger partial charge in [0.15, 0.2) is 5.54 Å². The lowest BCUT2D eigenvalue weighted by Gasteiger charge is -2.42. The van der Waals surface area contributed by atoms with Crippen LogP contribution in [-0.4, -0.2) is 24.0 Å². The predicted octanol–water partition coefficient (Wildman–Crippen LogP) is 4.38. The first-order valence-electron chi connectivity index (χ1n) is 8.68. The molecule has 7 heteroatoms. The fraction of sp³-hybridized carbons (Fsp3) is 0.333. The molecule has 1 aliphatic heterocycles. The van der Waals surface area contributed by atoms with Crippen LogP contribution in [0.2, 0.25) is 0 Å². The van der Waals surface area contributed by atoms with Crippen LogP contribution in [0.25, 0.3) is 11.1 Å². The quantitative estimate of drug-likeness (QED) is 0.831. The number of halogens is 3. The average Bonchev–Trinajstić information content (AvgIpc) is 2.71. The van der Waals surface area contributed by atoms with Gasteiger partial charge in [0.2, 0.25) is 0 Å². The van der Waals surface area contributed by atoms with E-state index < -0.39 is 22.9 Å². The number of nitrogens with two attached hydrogens (primary N) is 1. The maximum atomic E-state index is 15.5. The fourth-order valence-electron chi connectivity index (χ4n) is 3.40. The molecule has 1 atom stereocenters. The molecule has 0 saturated carbocycles. The Labute approximate surface area is 161 Å². The molecule has 0 spiro atoms. The third-order valence-electron chi connectivity index (χ3n) is 5.13. The van der Waals surface area contributed by atoms with Crippen molar-refractivity contribution in [2.45, 2.75) is 37.8 Å². The lowest BCUT2D eigenvalue weighted by Crippen LogP contribution is -2.56. The van der Waals surface area contributed by atoms with Crippen LogP contribution < -0.4 is 5.73 Å². The Morgan fingerprint density at radius 3 is 2.46 bits per heavy atom. The molecule has 28 heavy (non-hydrogen) atoms. The van der Waals surface area contributed by atoms with E-state index in [1.165, 1.54) is 26.0 Å². The number of hydrogen-bond acceptors (Lipinski definition) is 4. The third kappa shape index (κ3) is 3.04. The van der Waals surface area contributed by atoms with Crippen LogP contribution in [-0.2, 0) is 10.3 Å². The van der Waals surface area contributed by atoms with Gasteiger partial charge in [-0.2, -0.15) is 5.26 Å². The normalized spacial score (nSPS) is 23.4. The van der Waals surface area contributed by atoms with Crippen LogP contribution >= 0.6 is 0 Å². The minimum Gasteiger partial charge on any atom is -0.385 e. The minimum atomic E-state index is -3.56. The summed E-state index contributed by atoms with van der Waals surface area (Å²) in [6, 6.07) is 12.6. The van der Waals surface area contributed by atoms with Gasteiger partial charge < -0.3 is 10.5 Å². The molecular weight excluding hydrogens is 367 g/mol. The van der Waals surface area contributed by atoms with Crippen molar-refractivity contribution < 1.29 is 17.9 Å². The van der Waals surface area contributed by atoms with Crippen molar-refractivity contribution in [3.63, 3.8) is 0 Å². The van der Waals surface area contributed by atoms with Gasteiger partial charge in [-0.25, -0.2) is 13.2 Å². The highest BCUT2D eigenvalue weighted by atomic mass is 19.3. The van der Waals surface area contributed by atoms with Crippen molar-refractivity contribution in [3.8, 4) is 17.2 Å². The molecule has 2 aromatic carbocycles. The van der Waals surface area contributed by atoms with E-state index in [4.69, 9.17) is 15.7 Å². The molecule has 1 aliphatic rings. The second kappa shape index (κ2) is 6.64. The lowest BCUT2D eigenvalue weighted by atomic mass is 9.77. The monoisotopic (exact) mass is 387 g/mol. The Morgan fingerprint density at radius 1 is 1.11 bits per heavy atom. The number of nitriles is 1. The Bertz CT molecular complexity index is 995. The molecule has 0 bridgehead atoms. The molecule has 1 heterocycles. The van der Waals surface area contributed by atoms with Crippen molar-refractivity contribution in [3.05, 3.63) is 59.4 Å². The van der Waals surface area contributed by atoms with Crippen molar-refractivity contribution >= 4 is 5.84 Å². The minimum absolute atomic E-state index is 0.135. The van der Waals surface area contributed by atoms with Crippen LogP contribution in [0.5, 0.6) is 0 Å². The van der Waals surface area contributed by atoms with Crippen molar-refractivity contribution in [2.24, 2.45) is 10.7 Å². The highest BCUT2D eigenvalue weighted by Gasteiger charge is 2.63. The van der Waals surface area contributed by atoms with Gasteiger partial charge in [-0.3, -0.25) is 4.99 Å². The van der Waals surface area contributed by atoms with Crippen molar-refractivity contribution in [2.75, 3.05) is 6.61 Å². The van der Waals surface area contributed by atoms with Crippen LogP contribution in [0.15, 0.2) is 47.5 Å². The lowest BCUT2D eigenvalue weighted by molar-refractivity contribution is -0.214. The Hall–Kier alpha value is -2.85. The Kier molecular flexibility index (Phi) is 4.72. The standard InChI is InChI=1S/C21H20F3N3O/c1-19(2)21(23,24)20(3,27-18(26)12-28-19)16-10-15(7-8-17(16)22)14-6-4-5-13(9-14)11-25/h4-10H,12H2,1-3H3,(H2,26,27)/t20-/m1/s1. The summed E-state index contributed by atoms with van der Waals surface area (Å²) in [5.41, 5.74) is 2.77. The number of benzene rings is 2. The molecule has 3 rings (SSSR count). The predicted molar refractivity (Wildman–Crippen MR) is 101 cm³/mol. The molecule has 0 amide bonds. The summed E-state index contributed by atoms with van der Waals surface area (Å²) in [5.74, 6) is -4.52. The summed E-state index contributed by atoms with van der Waals surface area (Å²) in [6.07, 6.45) is 0. The summed E-state index contributed by atoms with van der Waals surface area (Å²) in [4.78, 5) is 3.98. The van der Waals surface area contributed by atoms with Crippen LogP contribution in [0.4, 0.5) is 13.2 Å². The van der Waals surface area contributed by atoms with Gasteiger partial charge in [0.1, 0.15) is 23.9 Å². The first-order chi connectivity index (χ1) is 13.0.